The van der Waals surface area contributed by atoms with E-state index in [4.69, 9.17) is 20.9 Å². The quantitative estimate of drug-likeness (QED) is 0.343. The van der Waals surface area contributed by atoms with Crippen LogP contribution in [0, 0.1) is 0 Å². The fraction of sp³-hybridized carbons (Fsp3) is 0.481. The maximum absolute atomic E-state index is 6.19. The lowest BCUT2D eigenvalue weighted by Gasteiger charge is -2.32. The highest BCUT2D eigenvalue weighted by Crippen LogP contribution is 2.34. The molecular weight excluding hydrogens is 466 g/mol. The van der Waals surface area contributed by atoms with Crippen molar-refractivity contribution < 1.29 is 15.5 Å². The molecule has 2 aliphatic rings. The van der Waals surface area contributed by atoms with Crippen LogP contribution >= 0.6 is 0 Å². The summed E-state index contributed by atoms with van der Waals surface area (Å²) >= 11 is 0. The molecule has 2 aromatic rings. The number of allylic oxidation sites excluding steroid dienone is 1. The van der Waals surface area contributed by atoms with Crippen LogP contribution < -0.4 is 21.2 Å². The van der Waals surface area contributed by atoms with E-state index in [0.29, 0.717) is 30.5 Å². The molecule has 10 heteroatoms. The third-order valence-corrected chi connectivity index (χ3v) is 6.64. The average Bonchev–Trinajstić information content (AvgIpc) is 3.20. The summed E-state index contributed by atoms with van der Waals surface area (Å²) < 4.78 is 8.29. The summed E-state index contributed by atoms with van der Waals surface area (Å²) in [5, 5.41) is 8.35. The van der Waals surface area contributed by atoms with Gasteiger partial charge in [-0.15, -0.1) is 0 Å². The first kappa shape index (κ1) is 26.7. The second-order valence-electron chi connectivity index (χ2n) is 9.98. The summed E-state index contributed by atoms with van der Waals surface area (Å²) in [7, 11) is 4.25. The molecule has 0 amide bonds. The normalized spacial score (nSPS) is 18.1. The monoisotopic (exact) mass is 507 g/mol. The van der Waals surface area contributed by atoms with Crippen LogP contribution in [0.4, 0.5) is 0 Å². The van der Waals surface area contributed by atoms with E-state index in [9.17, 15) is 0 Å². The van der Waals surface area contributed by atoms with Crippen molar-refractivity contribution in [1.82, 2.24) is 19.4 Å². The van der Waals surface area contributed by atoms with Crippen molar-refractivity contribution in [3.63, 3.8) is 0 Å². The molecule has 6 N–H and O–H groups in total. The number of benzene rings is 1. The first-order valence-corrected chi connectivity index (χ1v) is 13.0. The van der Waals surface area contributed by atoms with E-state index in [1.165, 1.54) is 5.70 Å². The molecule has 0 spiro atoms. The number of hydrogen-bond donors (Lipinski definition) is 3. The predicted octanol–water partition coefficient (Wildman–Crippen LogP) is -0.544. The first-order chi connectivity index (χ1) is 17.8. The van der Waals surface area contributed by atoms with Gasteiger partial charge in [-0.2, -0.15) is 0 Å². The van der Waals surface area contributed by atoms with E-state index in [2.05, 4.69) is 62.0 Å². The molecule has 1 aromatic carbocycles. The summed E-state index contributed by atoms with van der Waals surface area (Å²) in [5.74, 6) is 2.62. The highest BCUT2D eigenvalue weighted by Gasteiger charge is 2.24. The lowest BCUT2D eigenvalue weighted by Crippen LogP contribution is -2.79. The van der Waals surface area contributed by atoms with E-state index >= 15 is 0 Å². The zero-order valence-electron chi connectivity index (χ0n) is 22.7. The third kappa shape index (κ3) is 6.33. The SMILES string of the molecule is C[NH2+]C(CN1CCN(C)CC1)=C(C=[NH2+])c1ccc2c(c1)OCCn1cc(C(N=C(C)N)=NC(C)C)nc1-2. The number of quaternary nitrogens is 1. The van der Waals surface area contributed by atoms with Gasteiger partial charge in [0.05, 0.1) is 31.5 Å². The molecule has 0 unspecified atom stereocenters. The molecule has 1 saturated heterocycles. The van der Waals surface area contributed by atoms with Gasteiger partial charge in [0.25, 0.3) is 0 Å². The molecule has 0 aliphatic carbocycles. The second kappa shape index (κ2) is 11.8. The van der Waals surface area contributed by atoms with Crippen LogP contribution in [0.2, 0.25) is 0 Å². The fourth-order valence-corrected chi connectivity index (χ4v) is 4.69. The van der Waals surface area contributed by atoms with Crippen LogP contribution in [0.3, 0.4) is 0 Å². The molecule has 0 saturated carbocycles. The number of nitrogens with zero attached hydrogens (tertiary/aromatic N) is 6. The van der Waals surface area contributed by atoms with Crippen LogP contribution in [0.5, 0.6) is 5.75 Å². The molecule has 2 aliphatic heterocycles. The predicted molar refractivity (Wildman–Crippen MR) is 149 cm³/mol. The maximum Gasteiger partial charge on any atom is 0.177 e. The Morgan fingerprint density at radius 2 is 2.00 bits per heavy atom. The molecule has 10 nitrogen and oxygen atoms in total. The smallest absolute Gasteiger partial charge is 0.177 e. The van der Waals surface area contributed by atoms with Gasteiger partial charge in [0, 0.05) is 38.4 Å². The first-order valence-electron chi connectivity index (χ1n) is 13.0. The standard InChI is InChI=1S/C27H39N9O/c1-18(2)31-26(32-19(3)29)24-17-36-12-13-37-25-14-20(6-7-21(25)27(36)33-24)22(15-28)23(30-4)16-35-10-8-34(5)9-11-35/h6-7,14-15,17-18,28,30H,8-13,16H2,1-5H3,(H2,29,31,32)/p+2. The van der Waals surface area contributed by atoms with Gasteiger partial charge in [-0.3, -0.25) is 15.3 Å². The molecular formula is C27H41N9O+2. The number of hydrogen-bond acceptors (Lipinski definition) is 5. The van der Waals surface area contributed by atoms with E-state index in [0.717, 1.165) is 61.0 Å². The summed E-state index contributed by atoms with van der Waals surface area (Å²) in [6.45, 7) is 12.1. The van der Waals surface area contributed by atoms with Gasteiger partial charge in [0.15, 0.2) is 12.1 Å². The van der Waals surface area contributed by atoms with Crippen molar-refractivity contribution in [1.29, 1.82) is 0 Å². The van der Waals surface area contributed by atoms with Gasteiger partial charge in [-0.05, 0) is 45.5 Å². The number of amidine groups is 2. The Morgan fingerprint density at radius 1 is 1.24 bits per heavy atom. The van der Waals surface area contributed by atoms with Gasteiger partial charge in [0.2, 0.25) is 0 Å². The number of imidazole rings is 1. The van der Waals surface area contributed by atoms with Crippen molar-refractivity contribution in [2.45, 2.75) is 33.4 Å². The zero-order valence-corrected chi connectivity index (χ0v) is 22.7. The van der Waals surface area contributed by atoms with Gasteiger partial charge in [0.1, 0.15) is 35.1 Å². The van der Waals surface area contributed by atoms with Crippen LogP contribution in [0.25, 0.3) is 17.0 Å². The number of nitrogens with two attached hydrogens (primary N) is 3. The van der Waals surface area contributed by atoms with Crippen LogP contribution in [0.1, 0.15) is 32.0 Å². The van der Waals surface area contributed by atoms with Crippen molar-refractivity contribution in [3.8, 4) is 17.1 Å². The highest BCUT2D eigenvalue weighted by atomic mass is 16.5. The molecule has 198 valence electrons. The summed E-state index contributed by atoms with van der Waals surface area (Å²) in [5.41, 5.74) is 10.8. The molecule has 3 heterocycles. The Kier molecular flexibility index (Phi) is 8.52. The Labute approximate surface area is 219 Å². The molecule has 0 radical (unpaired) electrons. The van der Waals surface area contributed by atoms with E-state index < -0.39 is 0 Å². The summed E-state index contributed by atoms with van der Waals surface area (Å²) in [6.07, 6.45) is 3.69. The van der Waals surface area contributed by atoms with Crippen molar-refractivity contribution >= 4 is 23.5 Å². The van der Waals surface area contributed by atoms with E-state index in [1.54, 1.807) is 13.1 Å². The number of piperazine rings is 1. The van der Waals surface area contributed by atoms with Crippen LogP contribution in [-0.4, -0.2) is 96.7 Å². The largest absolute Gasteiger partial charge is 0.491 e. The number of rotatable bonds is 7. The van der Waals surface area contributed by atoms with E-state index in [1.807, 2.05) is 20.0 Å². The Hall–Kier alpha value is -3.34. The number of aromatic nitrogens is 2. The summed E-state index contributed by atoms with van der Waals surface area (Å²) in [4.78, 5) is 18.9. The molecule has 0 bridgehead atoms. The van der Waals surface area contributed by atoms with Crippen LogP contribution in [0.15, 0.2) is 40.1 Å². The maximum atomic E-state index is 6.19. The van der Waals surface area contributed by atoms with Gasteiger partial charge >= 0.3 is 0 Å². The minimum Gasteiger partial charge on any atom is -0.491 e. The van der Waals surface area contributed by atoms with Gasteiger partial charge < -0.3 is 25.3 Å². The molecule has 37 heavy (non-hydrogen) atoms. The fourth-order valence-electron chi connectivity index (χ4n) is 4.69. The average molecular weight is 508 g/mol. The topological polar surface area (TPSA) is 126 Å². The minimum atomic E-state index is 0.0749. The van der Waals surface area contributed by atoms with Crippen molar-refractivity contribution in [2.24, 2.45) is 15.7 Å². The minimum absolute atomic E-state index is 0.0749. The molecule has 1 aromatic heterocycles. The highest BCUT2D eigenvalue weighted by molar-refractivity contribution is 6.08. The molecule has 1 fully saturated rings. The number of likely N-dealkylation sites (N-methyl/N-ethyl adjacent to an activating group) is 2. The Balaban J connectivity index is 1.69. The molecule has 4 rings (SSSR count). The number of fused-ring (bicyclic) bond motifs is 3. The summed E-state index contributed by atoms with van der Waals surface area (Å²) in [6, 6.07) is 6.33. The lowest BCUT2D eigenvalue weighted by molar-refractivity contribution is -0.577. The third-order valence-electron chi connectivity index (χ3n) is 6.64. The Bertz CT molecular complexity index is 1210. The second-order valence-corrected chi connectivity index (χ2v) is 9.98. The Morgan fingerprint density at radius 3 is 2.65 bits per heavy atom. The van der Waals surface area contributed by atoms with Gasteiger partial charge in [-0.25, -0.2) is 9.98 Å². The number of aliphatic imine (C=N–C) groups is 2. The van der Waals surface area contributed by atoms with Gasteiger partial charge in [-0.1, -0.05) is 6.07 Å². The van der Waals surface area contributed by atoms with Crippen molar-refractivity contribution in [2.75, 3.05) is 53.4 Å². The number of ether oxygens (including phenoxy) is 1. The zero-order chi connectivity index (χ0) is 26.5. The molecule has 0 atom stereocenters. The van der Waals surface area contributed by atoms with Crippen molar-refractivity contribution in [3.05, 3.63) is 41.4 Å². The van der Waals surface area contributed by atoms with E-state index in [-0.39, 0.29) is 6.04 Å². The van der Waals surface area contributed by atoms with Crippen LogP contribution in [-0.2, 0) is 6.54 Å². The lowest BCUT2D eigenvalue weighted by atomic mass is 10.0.